The summed E-state index contributed by atoms with van der Waals surface area (Å²) in [7, 11) is 0. The molecule has 0 radical (unpaired) electrons. The van der Waals surface area contributed by atoms with E-state index in [4.69, 9.17) is 24.2 Å². The number of furan rings is 1. The molecule has 0 saturated carbocycles. The number of unbranched alkanes of at least 4 members (excludes halogenated alkanes) is 2. The number of rotatable bonds is 25. The number of hydroxylamine groups is 2. The third-order valence-corrected chi connectivity index (χ3v) is 8.47. The molecule has 0 spiro atoms. The van der Waals surface area contributed by atoms with E-state index in [1.807, 2.05) is 20.8 Å². The number of aliphatic carboxylic acids is 3. The second-order valence-electron chi connectivity index (χ2n) is 12.2. The van der Waals surface area contributed by atoms with E-state index >= 15 is 0 Å². The summed E-state index contributed by atoms with van der Waals surface area (Å²) in [5.41, 5.74) is -0.0690. The van der Waals surface area contributed by atoms with Crippen LogP contribution >= 0.6 is 0 Å². The van der Waals surface area contributed by atoms with Crippen molar-refractivity contribution in [1.82, 2.24) is 21.0 Å². The molecule has 18 nitrogen and oxygen atoms in total. The Morgan fingerprint density at radius 1 is 0.870 bits per heavy atom. The number of amides is 4. The highest BCUT2D eigenvalue weighted by atomic mass is 16.7. The zero-order chi connectivity index (χ0) is 40.4. The number of ether oxygens (including phenoxy) is 1. The fourth-order valence-electron chi connectivity index (χ4n) is 5.50. The number of benzene rings is 1. The van der Waals surface area contributed by atoms with Gasteiger partial charge in [-0.1, -0.05) is 53.0 Å². The van der Waals surface area contributed by atoms with Gasteiger partial charge in [-0.15, -0.1) is 0 Å². The second-order valence-corrected chi connectivity index (χ2v) is 12.2. The Kier molecular flexibility index (Phi) is 18.2. The smallest absolute Gasteiger partial charge is 0.341 e. The Hall–Kier alpha value is -5.94. The molecule has 2 rings (SSSR count). The molecule has 1 aromatic carbocycles. The van der Waals surface area contributed by atoms with Crippen LogP contribution in [-0.2, 0) is 33.6 Å². The molecule has 18 heteroatoms. The molecule has 0 bridgehead atoms. The summed E-state index contributed by atoms with van der Waals surface area (Å²) in [6, 6.07) is 3.94. The average Bonchev–Trinajstić information content (AvgIpc) is 3.63. The van der Waals surface area contributed by atoms with Crippen LogP contribution in [0.1, 0.15) is 100.0 Å². The summed E-state index contributed by atoms with van der Waals surface area (Å²) in [6.45, 7) is 6.24. The Labute approximate surface area is 311 Å². The Balaban J connectivity index is 2.20. The molecular weight excluding hydrogens is 712 g/mol. The largest absolute Gasteiger partial charge is 0.481 e. The molecular formula is C36H48N4O14. The Morgan fingerprint density at radius 2 is 1.57 bits per heavy atom. The van der Waals surface area contributed by atoms with E-state index in [9.17, 15) is 43.5 Å². The summed E-state index contributed by atoms with van der Waals surface area (Å²) < 4.78 is 10.9. The molecule has 0 aliphatic heterocycles. The maximum atomic E-state index is 13.4. The zero-order valence-corrected chi connectivity index (χ0v) is 30.6. The second kappa shape index (κ2) is 22.2. The van der Waals surface area contributed by atoms with Crippen molar-refractivity contribution in [3.8, 4) is 17.1 Å². The van der Waals surface area contributed by atoms with Crippen molar-refractivity contribution in [2.45, 2.75) is 91.1 Å². The Bertz CT molecular complexity index is 1640. The first-order valence-corrected chi connectivity index (χ1v) is 17.6. The number of hydrogen-bond acceptors (Lipinski definition) is 11. The van der Waals surface area contributed by atoms with E-state index in [0.717, 1.165) is 17.9 Å². The van der Waals surface area contributed by atoms with Crippen molar-refractivity contribution in [2.75, 3.05) is 13.3 Å². The molecule has 54 heavy (non-hydrogen) atoms. The first-order valence-electron chi connectivity index (χ1n) is 17.6. The number of nitrogens with one attached hydrogen (secondary N) is 3. The highest BCUT2D eigenvalue weighted by Crippen LogP contribution is 2.29. The molecule has 2 aromatic rings. The van der Waals surface area contributed by atoms with E-state index in [2.05, 4.69) is 16.0 Å². The number of carboxylic acid groups (broad SMARTS) is 3. The van der Waals surface area contributed by atoms with Crippen molar-refractivity contribution >= 4 is 48.0 Å². The molecule has 296 valence electrons. The number of carbonyl (C=O) groups is 8. The van der Waals surface area contributed by atoms with Crippen LogP contribution in [0, 0.1) is 11.8 Å². The van der Waals surface area contributed by atoms with Gasteiger partial charge in [-0.05, 0) is 49.9 Å². The fourth-order valence-corrected chi connectivity index (χ4v) is 5.50. The van der Waals surface area contributed by atoms with Gasteiger partial charge in [0.25, 0.3) is 11.8 Å². The lowest BCUT2D eigenvalue weighted by molar-refractivity contribution is -0.208. The van der Waals surface area contributed by atoms with Crippen LogP contribution in [0.3, 0.4) is 0 Å². The lowest BCUT2D eigenvalue weighted by Gasteiger charge is -2.32. The molecule has 1 heterocycles. The maximum absolute atomic E-state index is 13.4. The standard InChI is InChI=1S/C36H48N4O14/c1-5-9-10-11-23(26(8-4)40(20-41)54-36(51)21(6-2)7-3)32(46)37-19-38-34(48)28-15-14-27(53-28)22-12-13-24(29(16-22)52-18-31(44)45)33(47)39-25(35(49)50)17-30(42)43/h12-16,20-21,23,25-26H,5-11,17-19H2,1-4H3,(H,37,46)(H,38,48)(H,39,47)(H,42,43)(H,44,45)(H,49,50)/t23?,25?,26-/m1/s1. The molecule has 0 saturated heterocycles. The monoisotopic (exact) mass is 760 g/mol. The molecule has 0 fully saturated rings. The molecule has 6 N–H and O–H groups in total. The minimum Gasteiger partial charge on any atom is -0.481 e. The average molecular weight is 761 g/mol. The van der Waals surface area contributed by atoms with Crippen molar-refractivity contribution in [2.24, 2.45) is 11.8 Å². The molecule has 2 unspecified atom stereocenters. The van der Waals surface area contributed by atoms with Crippen LogP contribution in [-0.4, -0.2) is 93.8 Å². The molecule has 0 aliphatic carbocycles. The van der Waals surface area contributed by atoms with Crippen molar-refractivity contribution in [3.05, 3.63) is 41.7 Å². The third kappa shape index (κ3) is 13.2. The number of carbonyl (C=O) groups excluding carboxylic acids is 5. The summed E-state index contributed by atoms with van der Waals surface area (Å²) in [5, 5.41) is 35.5. The van der Waals surface area contributed by atoms with Gasteiger partial charge in [0.2, 0.25) is 12.3 Å². The summed E-state index contributed by atoms with van der Waals surface area (Å²) in [6.07, 6.45) is 3.60. The van der Waals surface area contributed by atoms with Gasteiger partial charge in [-0.25, -0.2) is 14.4 Å². The van der Waals surface area contributed by atoms with Crippen LogP contribution in [0.15, 0.2) is 34.7 Å². The molecule has 1 aromatic heterocycles. The summed E-state index contributed by atoms with van der Waals surface area (Å²) in [4.78, 5) is 103. The molecule has 3 atom stereocenters. The zero-order valence-electron chi connectivity index (χ0n) is 30.6. The SMILES string of the molecule is CCCCCC(C(=O)NCNC(=O)c1ccc(-c2ccc(C(=O)NC(CC(=O)O)C(=O)O)c(OCC(=O)O)c2)o1)[C@@H](CC)N(C=O)OC(=O)C(CC)CC. The van der Waals surface area contributed by atoms with Crippen LogP contribution in [0.2, 0.25) is 0 Å². The summed E-state index contributed by atoms with van der Waals surface area (Å²) in [5.74, 6) is -8.82. The topological polar surface area (TPSA) is 268 Å². The van der Waals surface area contributed by atoms with Crippen molar-refractivity contribution < 1.29 is 67.7 Å². The minimum atomic E-state index is -1.78. The maximum Gasteiger partial charge on any atom is 0.341 e. The van der Waals surface area contributed by atoms with Crippen LogP contribution < -0.4 is 20.7 Å². The van der Waals surface area contributed by atoms with Gasteiger partial charge in [0.05, 0.1) is 36.5 Å². The fraction of sp³-hybridized carbons (Fsp3) is 0.500. The lowest BCUT2D eigenvalue weighted by Crippen LogP contribution is -2.49. The van der Waals surface area contributed by atoms with Gasteiger partial charge in [-0.3, -0.25) is 24.0 Å². The predicted molar refractivity (Wildman–Crippen MR) is 189 cm³/mol. The number of hydrogen-bond donors (Lipinski definition) is 6. The van der Waals surface area contributed by atoms with E-state index in [-0.39, 0.29) is 35.1 Å². The normalized spacial score (nSPS) is 12.5. The predicted octanol–water partition coefficient (Wildman–Crippen LogP) is 3.20. The van der Waals surface area contributed by atoms with Crippen LogP contribution in [0.25, 0.3) is 11.3 Å². The quantitative estimate of drug-likeness (QED) is 0.0367. The molecule has 4 amide bonds. The van der Waals surface area contributed by atoms with E-state index < -0.39 is 78.5 Å². The molecule has 0 aliphatic rings. The first-order chi connectivity index (χ1) is 25.7. The van der Waals surface area contributed by atoms with Gasteiger partial charge in [0.1, 0.15) is 17.6 Å². The summed E-state index contributed by atoms with van der Waals surface area (Å²) >= 11 is 0. The first kappa shape index (κ1) is 44.2. The van der Waals surface area contributed by atoms with Crippen LogP contribution in [0.4, 0.5) is 0 Å². The van der Waals surface area contributed by atoms with Gasteiger partial charge < -0.3 is 45.3 Å². The van der Waals surface area contributed by atoms with Crippen molar-refractivity contribution in [1.29, 1.82) is 0 Å². The number of nitrogens with zero attached hydrogens (tertiary/aromatic N) is 1. The lowest BCUT2D eigenvalue weighted by atomic mass is 9.90. The van der Waals surface area contributed by atoms with E-state index in [0.29, 0.717) is 38.5 Å². The highest BCUT2D eigenvalue weighted by Gasteiger charge is 2.34. The Morgan fingerprint density at radius 3 is 2.15 bits per heavy atom. The van der Waals surface area contributed by atoms with E-state index in [1.165, 1.54) is 30.3 Å². The van der Waals surface area contributed by atoms with E-state index in [1.54, 1.807) is 6.92 Å². The van der Waals surface area contributed by atoms with Gasteiger partial charge >= 0.3 is 23.9 Å². The third-order valence-electron chi connectivity index (χ3n) is 8.47. The minimum absolute atomic E-state index is 0.0873. The highest BCUT2D eigenvalue weighted by molar-refractivity contribution is 6.00. The van der Waals surface area contributed by atoms with Crippen LogP contribution in [0.5, 0.6) is 5.75 Å². The number of carboxylic acids is 3. The van der Waals surface area contributed by atoms with Crippen molar-refractivity contribution in [3.63, 3.8) is 0 Å². The van der Waals surface area contributed by atoms with Gasteiger partial charge in [0, 0.05) is 5.56 Å². The van der Waals surface area contributed by atoms with Gasteiger partial charge in [0.15, 0.2) is 12.4 Å². The van der Waals surface area contributed by atoms with Gasteiger partial charge in [-0.2, -0.15) is 5.06 Å².